The number of hydrogen-bond donors (Lipinski definition) is 2. The second-order valence-electron chi connectivity index (χ2n) is 9.72. The molecular formula is C24H40O3. The van der Waals surface area contributed by atoms with Gasteiger partial charge < -0.3 is 10.2 Å². The highest BCUT2D eigenvalue weighted by atomic mass is 16.3. The zero-order chi connectivity index (χ0) is 19.4. The average Bonchev–Trinajstić information content (AvgIpc) is 2.69. The molecule has 3 heteroatoms. The lowest BCUT2D eigenvalue weighted by atomic mass is 9.44. The molecule has 0 bridgehead atoms. The Hall–Kier alpha value is -0.670. The molecule has 3 nitrogen and oxygen atoms in total. The van der Waals surface area contributed by atoms with Gasteiger partial charge in [-0.15, -0.1) is 0 Å². The van der Waals surface area contributed by atoms with Gasteiger partial charge >= 0.3 is 0 Å². The minimum atomic E-state index is -0.399. The van der Waals surface area contributed by atoms with Gasteiger partial charge in [0.15, 0.2) is 0 Å². The third-order valence-corrected chi connectivity index (χ3v) is 7.92. The van der Waals surface area contributed by atoms with Gasteiger partial charge in [-0.05, 0) is 43.9 Å². The van der Waals surface area contributed by atoms with Gasteiger partial charge in [-0.2, -0.15) is 0 Å². The Kier molecular flexibility index (Phi) is 7.19. The fraction of sp³-hybridized carbons (Fsp3) is 0.875. The summed E-state index contributed by atoms with van der Waals surface area (Å²) in [6.45, 7) is 4.33. The lowest BCUT2D eigenvalue weighted by Crippen LogP contribution is -2.62. The van der Waals surface area contributed by atoms with Crippen LogP contribution in [0.15, 0.2) is 12.2 Å². The van der Waals surface area contributed by atoms with E-state index in [1.165, 1.54) is 38.5 Å². The van der Waals surface area contributed by atoms with Crippen molar-refractivity contribution in [2.45, 2.75) is 103 Å². The summed E-state index contributed by atoms with van der Waals surface area (Å²) in [5, 5.41) is 21.3. The van der Waals surface area contributed by atoms with Crippen molar-refractivity contribution < 1.29 is 15.0 Å². The quantitative estimate of drug-likeness (QED) is 0.460. The number of rotatable bonds is 8. The first kappa shape index (κ1) is 21.0. The molecule has 0 spiro atoms. The van der Waals surface area contributed by atoms with Crippen LogP contribution in [0.4, 0.5) is 0 Å². The van der Waals surface area contributed by atoms with Crippen molar-refractivity contribution in [3.05, 3.63) is 12.2 Å². The highest BCUT2D eigenvalue weighted by Gasteiger charge is 2.62. The second-order valence-corrected chi connectivity index (χ2v) is 9.72. The van der Waals surface area contributed by atoms with Crippen LogP contribution in [0.25, 0.3) is 0 Å². The molecule has 2 N–H and O–H groups in total. The molecule has 0 aromatic carbocycles. The van der Waals surface area contributed by atoms with Crippen LogP contribution in [-0.4, -0.2) is 28.2 Å². The third kappa shape index (κ3) is 4.34. The Bertz CT molecular complexity index is 522. The standard InChI is InChI=1S/C24H40O3/c1-3-4-5-9-12-19-22-18(21(26)15-16-24(22,2)23(19)27)13-14-20(25)17-10-7-6-8-11-17/h13-14,17-22,25-26H,3-12,15-16H2,1-2H3/t18-,19?,20-,21+,22-,24-/m1/s1. The van der Waals surface area contributed by atoms with Crippen LogP contribution in [0.3, 0.4) is 0 Å². The molecule has 154 valence electrons. The van der Waals surface area contributed by atoms with E-state index in [1.807, 2.05) is 6.08 Å². The minimum Gasteiger partial charge on any atom is -0.393 e. The SMILES string of the molecule is CCCCCCC1C(=O)[C@]2(C)CC[C@H](O)[C@@H](C=C[C@@H](O)C3CCCCC3)[C@H]12. The maximum Gasteiger partial charge on any atom is 0.142 e. The molecule has 3 rings (SSSR count). The number of ketones is 1. The first-order valence-corrected chi connectivity index (χ1v) is 11.6. The van der Waals surface area contributed by atoms with Gasteiger partial charge in [0, 0.05) is 17.3 Å². The number of carbonyl (C=O) groups is 1. The van der Waals surface area contributed by atoms with E-state index in [-0.39, 0.29) is 29.3 Å². The summed E-state index contributed by atoms with van der Waals surface area (Å²) in [4.78, 5) is 12.9. The Balaban J connectivity index is 1.66. The van der Waals surface area contributed by atoms with E-state index >= 15 is 0 Å². The van der Waals surface area contributed by atoms with Gasteiger partial charge in [-0.3, -0.25) is 4.79 Å². The summed E-state index contributed by atoms with van der Waals surface area (Å²) in [7, 11) is 0. The predicted molar refractivity (Wildman–Crippen MR) is 109 cm³/mol. The Labute approximate surface area is 165 Å². The molecule has 0 amide bonds. The number of aliphatic hydroxyl groups is 2. The van der Waals surface area contributed by atoms with Crippen LogP contribution >= 0.6 is 0 Å². The van der Waals surface area contributed by atoms with E-state index in [9.17, 15) is 15.0 Å². The van der Waals surface area contributed by atoms with E-state index in [1.54, 1.807) is 0 Å². The summed E-state index contributed by atoms with van der Waals surface area (Å²) in [5.41, 5.74) is -0.251. The monoisotopic (exact) mass is 376 g/mol. The van der Waals surface area contributed by atoms with Gasteiger partial charge in [0.1, 0.15) is 5.78 Å². The molecule has 0 aromatic rings. The van der Waals surface area contributed by atoms with E-state index in [0.29, 0.717) is 18.1 Å². The second kappa shape index (κ2) is 9.22. The summed E-state index contributed by atoms with van der Waals surface area (Å²) >= 11 is 0. The fourth-order valence-electron chi connectivity index (χ4n) is 6.19. The molecular weight excluding hydrogens is 336 g/mol. The maximum atomic E-state index is 12.9. The molecule has 6 atom stereocenters. The number of carbonyl (C=O) groups excluding carboxylic acids is 1. The first-order valence-electron chi connectivity index (χ1n) is 11.6. The van der Waals surface area contributed by atoms with Crippen molar-refractivity contribution in [1.29, 1.82) is 0 Å². The number of aliphatic hydroxyl groups excluding tert-OH is 2. The zero-order valence-electron chi connectivity index (χ0n) is 17.4. The highest BCUT2D eigenvalue weighted by Crippen LogP contribution is 2.60. The normalized spacial score (nSPS) is 38.6. The molecule has 0 aliphatic heterocycles. The van der Waals surface area contributed by atoms with Crippen molar-refractivity contribution in [1.82, 2.24) is 0 Å². The lowest BCUT2D eigenvalue weighted by Gasteiger charge is -2.58. The van der Waals surface area contributed by atoms with E-state index in [0.717, 1.165) is 32.1 Å². The van der Waals surface area contributed by atoms with E-state index < -0.39 is 6.10 Å². The van der Waals surface area contributed by atoms with E-state index in [4.69, 9.17) is 0 Å². The molecule has 3 fully saturated rings. The van der Waals surface area contributed by atoms with E-state index in [2.05, 4.69) is 19.9 Å². The Morgan fingerprint density at radius 2 is 1.89 bits per heavy atom. The first-order chi connectivity index (χ1) is 13.0. The minimum absolute atomic E-state index is 0.0239. The van der Waals surface area contributed by atoms with Gasteiger partial charge in [-0.25, -0.2) is 0 Å². The summed E-state index contributed by atoms with van der Waals surface area (Å²) < 4.78 is 0. The molecule has 0 radical (unpaired) electrons. The maximum absolute atomic E-state index is 12.9. The van der Waals surface area contributed by atoms with Crippen LogP contribution in [0.5, 0.6) is 0 Å². The van der Waals surface area contributed by atoms with Crippen molar-refractivity contribution >= 4 is 5.78 Å². The molecule has 3 aliphatic rings. The fourth-order valence-corrected chi connectivity index (χ4v) is 6.19. The smallest absolute Gasteiger partial charge is 0.142 e. The van der Waals surface area contributed by atoms with Crippen LogP contribution < -0.4 is 0 Å². The Morgan fingerprint density at radius 3 is 2.59 bits per heavy atom. The average molecular weight is 377 g/mol. The lowest BCUT2D eigenvalue weighted by molar-refractivity contribution is -0.173. The Morgan fingerprint density at radius 1 is 1.15 bits per heavy atom. The van der Waals surface area contributed by atoms with Crippen LogP contribution in [-0.2, 0) is 4.79 Å². The van der Waals surface area contributed by atoms with Crippen molar-refractivity contribution in [3.63, 3.8) is 0 Å². The van der Waals surface area contributed by atoms with Crippen LogP contribution in [0, 0.1) is 29.1 Å². The number of hydrogen-bond acceptors (Lipinski definition) is 3. The van der Waals surface area contributed by atoms with Gasteiger partial charge in [0.05, 0.1) is 12.2 Å². The number of Topliss-reactive ketones (excluding diaryl/α,β-unsaturated/α-hetero) is 1. The van der Waals surface area contributed by atoms with Gasteiger partial charge in [0.2, 0.25) is 0 Å². The van der Waals surface area contributed by atoms with Gasteiger partial charge in [0.25, 0.3) is 0 Å². The summed E-state index contributed by atoms with van der Waals surface area (Å²) in [6, 6.07) is 0. The van der Waals surface area contributed by atoms with Crippen LogP contribution in [0.1, 0.15) is 90.9 Å². The molecule has 0 aromatic heterocycles. The molecule has 27 heavy (non-hydrogen) atoms. The summed E-state index contributed by atoms with van der Waals surface area (Å²) in [6.07, 6.45) is 16.5. The zero-order valence-corrected chi connectivity index (χ0v) is 17.4. The highest BCUT2D eigenvalue weighted by molar-refractivity contribution is 5.94. The molecule has 3 aliphatic carbocycles. The van der Waals surface area contributed by atoms with Gasteiger partial charge in [-0.1, -0.05) is 70.9 Å². The molecule has 0 saturated heterocycles. The molecule has 0 heterocycles. The topological polar surface area (TPSA) is 57.5 Å². The number of unbranched alkanes of at least 4 members (excludes halogenated alkanes) is 3. The number of fused-ring (bicyclic) bond motifs is 1. The van der Waals surface area contributed by atoms with Crippen LogP contribution in [0.2, 0.25) is 0 Å². The van der Waals surface area contributed by atoms with Crippen molar-refractivity contribution in [3.8, 4) is 0 Å². The molecule has 1 unspecified atom stereocenters. The van der Waals surface area contributed by atoms with Crippen molar-refractivity contribution in [2.24, 2.45) is 29.1 Å². The largest absolute Gasteiger partial charge is 0.393 e. The third-order valence-electron chi connectivity index (χ3n) is 7.92. The van der Waals surface area contributed by atoms with Crippen molar-refractivity contribution in [2.75, 3.05) is 0 Å². The predicted octanol–water partition coefficient (Wildman–Crippen LogP) is 5.05. The summed E-state index contributed by atoms with van der Waals surface area (Å²) in [5.74, 6) is 1.20. The molecule has 3 saturated carbocycles.